The van der Waals surface area contributed by atoms with E-state index >= 15 is 0 Å². The summed E-state index contributed by atoms with van der Waals surface area (Å²) in [7, 11) is 0. The van der Waals surface area contributed by atoms with Crippen molar-refractivity contribution >= 4 is 11.9 Å². The zero-order valence-corrected chi connectivity index (χ0v) is 8.22. The molecule has 1 aliphatic rings. The van der Waals surface area contributed by atoms with Gasteiger partial charge in [0.1, 0.15) is 0 Å². The summed E-state index contributed by atoms with van der Waals surface area (Å²) in [6, 6.07) is 0. The van der Waals surface area contributed by atoms with E-state index in [9.17, 15) is 9.59 Å². The molecule has 0 saturated carbocycles. The maximum Gasteiger partial charge on any atom is 0.308 e. The summed E-state index contributed by atoms with van der Waals surface area (Å²) in [5.41, 5.74) is 0.936. The molecule has 4 nitrogen and oxygen atoms in total. The second-order valence-corrected chi connectivity index (χ2v) is 3.58. The Labute approximate surface area is 87.9 Å². The van der Waals surface area contributed by atoms with Gasteiger partial charge in [-0.3, -0.25) is 9.59 Å². The summed E-state index contributed by atoms with van der Waals surface area (Å²) in [4.78, 5) is 21.4. The van der Waals surface area contributed by atoms with Gasteiger partial charge in [0.2, 0.25) is 0 Å². The summed E-state index contributed by atoms with van der Waals surface area (Å²) in [5.74, 6) is -3.64. The van der Waals surface area contributed by atoms with E-state index in [0.717, 1.165) is 18.4 Å². The first-order chi connectivity index (χ1) is 7.06. The lowest BCUT2D eigenvalue weighted by Gasteiger charge is -2.26. The van der Waals surface area contributed by atoms with Crippen molar-refractivity contribution in [2.45, 2.75) is 19.3 Å². The molecule has 4 heteroatoms. The first kappa shape index (κ1) is 11.5. The molecule has 0 saturated heterocycles. The van der Waals surface area contributed by atoms with Crippen molar-refractivity contribution < 1.29 is 19.8 Å². The van der Waals surface area contributed by atoms with E-state index in [1.165, 1.54) is 6.08 Å². The van der Waals surface area contributed by atoms with Crippen molar-refractivity contribution in [3.8, 4) is 0 Å². The van der Waals surface area contributed by atoms with E-state index in [1.54, 1.807) is 0 Å². The zero-order chi connectivity index (χ0) is 11.4. The van der Waals surface area contributed by atoms with E-state index in [4.69, 9.17) is 16.8 Å². The van der Waals surface area contributed by atoms with Gasteiger partial charge in [-0.1, -0.05) is 24.3 Å². The maximum atomic E-state index is 10.9. The van der Waals surface area contributed by atoms with Crippen molar-refractivity contribution in [1.29, 1.82) is 0 Å². The fraction of sp³-hybridized carbons (Fsp3) is 0.455. The lowest BCUT2D eigenvalue weighted by atomic mass is 9.77. The number of hydrogen-bond acceptors (Lipinski definition) is 2. The first-order valence-electron chi connectivity index (χ1n) is 4.75. The minimum atomic E-state index is -1.12. The summed E-state index contributed by atoms with van der Waals surface area (Å²) in [5, 5.41) is 17.5. The molecule has 1 radical (unpaired) electrons. The molecule has 1 rings (SSSR count). The number of allylic oxidation sites excluding steroid dienone is 3. The highest BCUT2D eigenvalue weighted by molar-refractivity contribution is 5.78. The van der Waals surface area contributed by atoms with E-state index in [0.29, 0.717) is 0 Å². The number of carboxylic acid groups (broad SMARTS) is 2. The molecule has 0 aromatic rings. The molecule has 81 valence electrons. The summed E-state index contributed by atoms with van der Waals surface area (Å²) in [6.07, 6.45) is 4.52. The monoisotopic (exact) mass is 209 g/mol. The van der Waals surface area contributed by atoms with Gasteiger partial charge in [0, 0.05) is 5.92 Å². The molecular formula is C11H13O4. The lowest BCUT2D eigenvalue weighted by molar-refractivity contribution is -0.149. The average Bonchev–Trinajstić information content (AvgIpc) is 2.06. The number of carbonyl (C=O) groups is 2. The predicted molar refractivity (Wildman–Crippen MR) is 53.1 cm³/mol. The molecule has 0 fully saturated rings. The third-order valence-corrected chi connectivity index (χ3v) is 2.62. The van der Waals surface area contributed by atoms with Crippen molar-refractivity contribution in [3.05, 3.63) is 24.3 Å². The van der Waals surface area contributed by atoms with Crippen LogP contribution >= 0.6 is 0 Å². The van der Waals surface area contributed by atoms with Crippen LogP contribution in [0.5, 0.6) is 0 Å². The third kappa shape index (κ3) is 2.68. The molecule has 15 heavy (non-hydrogen) atoms. The van der Waals surface area contributed by atoms with Gasteiger partial charge in [0.25, 0.3) is 0 Å². The number of aliphatic carboxylic acids is 2. The third-order valence-electron chi connectivity index (χ3n) is 2.62. The Hall–Kier alpha value is -1.58. The Morgan fingerprint density at radius 3 is 2.40 bits per heavy atom. The van der Waals surface area contributed by atoms with Crippen molar-refractivity contribution in [1.82, 2.24) is 0 Å². The van der Waals surface area contributed by atoms with Crippen LogP contribution in [0.1, 0.15) is 19.3 Å². The van der Waals surface area contributed by atoms with Crippen LogP contribution in [-0.4, -0.2) is 22.2 Å². The first-order valence-corrected chi connectivity index (χ1v) is 4.75. The van der Waals surface area contributed by atoms with Gasteiger partial charge in [0.05, 0.1) is 12.3 Å². The van der Waals surface area contributed by atoms with E-state index in [1.807, 2.05) is 6.08 Å². The Morgan fingerprint density at radius 2 is 2.13 bits per heavy atom. The smallest absolute Gasteiger partial charge is 0.308 e. The largest absolute Gasteiger partial charge is 0.481 e. The summed E-state index contributed by atoms with van der Waals surface area (Å²) >= 11 is 0. The Balaban J connectivity index is 2.80. The Bertz CT molecular complexity index is 317. The summed E-state index contributed by atoms with van der Waals surface area (Å²) < 4.78 is 0. The van der Waals surface area contributed by atoms with Gasteiger partial charge in [-0.2, -0.15) is 0 Å². The second-order valence-electron chi connectivity index (χ2n) is 3.58. The van der Waals surface area contributed by atoms with E-state index in [-0.39, 0.29) is 0 Å². The molecule has 0 bridgehead atoms. The van der Waals surface area contributed by atoms with Crippen LogP contribution in [0.15, 0.2) is 17.7 Å². The van der Waals surface area contributed by atoms with Crippen molar-refractivity contribution in [3.63, 3.8) is 0 Å². The fourth-order valence-electron chi connectivity index (χ4n) is 1.69. The highest BCUT2D eigenvalue weighted by Gasteiger charge is 2.32. The molecule has 1 aliphatic carbocycles. The highest BCUT2D eigenvalue weighted by Crippen LogP contribution is 2.33. The van der Waals surface area contributed by atoms with Gasteiger partial charge in [-0.05, 0) is 12.8 Å². The molecular weight excluding hydrogens is 196 g/mol. The molecule has 0 spiro atoms. The molecule has 2 atom stereocenters. The van der Waals surface area contributed by atoms with Gasteiger partial charge < -0.3 is 10.2 Å². The molecule has 0 aromatic heterocycles. The topological polar surface area (TPSA) is 74.6 Å². The second kappa shape index (κ2) is 4.77. The van der Waals surface area contributed by atoms with Gasteiger partial charge in [-0.15, -0.1) is 0 Å². The zero-order valence-electron chi connectivity index (χ0n) is 8.22. The standard InChI is InChI=1S/C11H13O4/c1-2-8(7-4-3-5-7)9(11(14)15)6-10(12)13/h1-2,4,8-9H,3,5-6H2,(H,12,13)(H,14,15). The molecule has 0 amide bonds. The normalized spacial score (nSPS) is 18.3. The van der Waals surface area contributed by atoms with E-state index in [2.05, 4.69) is 0 Å². The minimum Gasteiger partial charge on any atom is -0.481 e. The molecule has 0 aromatic carbocycles. The molecule has 0 aliphatic heterocycles. The highest BCUT2D eigenvalue weighted by atomic mass is 16.4. The van der Waals surface area contributed by atoms with Crippen LogP contribution in [0.25, 0.3) is 0 Å². The van der Waals surface area contributed by atoms with Crippen LogP contribution in [0.3, 0.4) is 0 Å². The van der Waals surface area contributed by atoms with E-state index < -0.39 is 30.2 Å². The van der Waals surface area contributed by atoms with Crippen LogP contribution in [-0.2, 0) is 9.59 Å². The molecule has 2 unspecified atom stereocenters. The Kier molecular flexibility index (Phi) is 3.66. The predicted octanol–water partition coefficient (Wildman–Crippen LogP) is 1.49. The van der Waals surface area contributed by atoms with Gasteiger partial charge in [-0.25, -0.2) is 0 Å². The molecule has 2 N–H and O–H groups in total. The molecule has 0 heterocycles. The summed E-state index contributed by atoms with van der Waals surface area (Å²) in [6.45, 7) is 5.38. The van der Waals surface area contributed by atoms with Crippen LogP contribution in [0.4, 0.5) is 0 Å². The Morgan fingerprint density at radius 1 is 1.53 bits per heavy atom. The van der Waals surface area contributed by atoms with Gasteiger partial charge >= 0.3 is 11.9 Å². The fourth-order valence-corrected chi connectivity index (χ4v) is 1.69. The van der Waals surface area contributed by atoms with Gasteiger partial charge in [0.15, 0.2) is 0 Å². The number of carboxylic acids is 2. The van der Waals surface area contributed by atoms with Crippen molar-refractivity contribution in [2.24, 2.45) is 11.8 Å². The van der Waals surface area contributed by atoms with Crippen molar-refractivity contribution in [2.75, 3.05) is 0 Å². The number of rotatable bonds is 6. The lowest BCUT2D eigenvalue weighted by Crippen LogP contribution is -2.27. The van der Waals surface area contributed by atoms with Crippen LogP contribution < -0.4 is 0 Å². The quantitative estimate of drug-likeness (QED) is 0.650. The number of hydrogen-bond donors (Lipinski definition) is 2. The minimum absolute atomic E-state index is 0.398. The van der Waals surface area contributed by atoms with Crippen LogP contribution in [0.2, 0.25) is 0 Å². The SMILES string of the molecule is [CH]=CC(C1=CCC1)C(CC(=O)O)C(=O)O. The average molecular weight is 209 g/mol. The maximum absolute atomic E-state index is 10.9. The van der Waals surface area contributed by atoms with Crippen LogP contribution in [0, 0.1) is 18.4 Å².